The summed E-state index contributed by atoms with van der Waals surface area (Å²) in [5.41, 5.74) is 0. The number of rotatable bonds is 0. The van der Waals surface area contributed by atoms with Gasteiger partial charge in [-0.05, 0) is 0 Å². The minimum absolute atomic E-state index is 0. The second kappa shape index (κ2) is 36.1. The summed E-state index contributed by atoms with van der Waals surface area (Å²) >= 11 is 0. The van der Waals surface area contributed by atoms with Crippen LogP contribution in [0.3, 0.4) is 0 Å². The molecule has 0 aliphatic carbocycles. The van der Waals surface area contributed by atoms with Crippen molar-refractivity contribution < 1.29 is 34.1 Å². The first-order valence-electron chi connectivity index (χ1n) is 0. The molecule has 0 aliphatic rings. The summed E-state index contributed by atoms with van der Waals surface area (Å²) in [7, 11) is 0. The van der Waals surface area contributed by atoms with Crippen LogP contribution in [0.4, 0.5) is 0 Å². The molecule has 0 unspecified atom stereocenters. The minimum Gasteiger partial charge on any atom is -2.00 e. The zero-order chi connectivity index (χ0) is 0. The van der Waals surface area contributed by atoms with E-state index >= 15 is 0 Å². The molecule has 5 heteroatoms. The van der Waals surface area contributed by atoms with E-state index in [1.54, 1.807) is 0 Å². The molecule has 0 spiro atoms. The number of hydrogen-bond acceptors (Lipinski definition) is 0. The normalized spacial score (nSPS) is 0. The molecule has 0 N–H and O–H groups in total. The molecule has 0 aromatic rings. The van der Waals surface area contributed by atoms with Crippen molar-refractivity contribution in [3.05, 3.63) is 0 Å². The van der Waals surface area contributed by atoms with Gasteiger partial charge in [-0.25, -0.2) is 0 Å². The molecule has 0 aromatic carbocycles. The SMILES string of the molecule is [Cu].[Cu].[S-2].[S-2].[S-2]. The van der Waals surface area contributed by atoms with Gasteiger partial charge in [-0.3, -0.25) is 0 Å². The third kappa shape index (κ3) is 23.3. The van der Waals surface area contributed by atoms with Crippen molar-refractivity contribution in [2.24, 2.45) is 0 Å². The van der Waals surface area contributed by atoms with Gasteiger partial charge in [-0.15, -0.1) is 0 Å². The Bertz CT molecular complexity index is 4.85. The molecule has 0 heterocycles. The average molecular weight is 223 g/mol. The molecule has 0 fully saturated rings. The largest absolute Gasteiger partial charge is 2.00 e. The van der Waals surface area contributed by atoms with E-state index in [0.717, 1.165) is 0 Å². The van der Waals surface area contributed by atoms with Crippen LogP contribution in [0.5, 0.6) is 0 Å². The van der Waals surface area contributed by atoms with E-state index in [1.807, 2.05) is 0 Å². The summed E-state index contributed by atoms with van der Waals surface area (Å²) < 4.78 is 0. The van der Waals surface area contributed by atoms with E-state index in [2.05, 4.69) is 0 Å². The van der Waals surface area contributed by atoms with Crippen molar-refractivity contribution >= 4 is 40.5 Å². The van der Waals surface area contributed by atoms with Crippen LogP contribution in [-0.2, 0) is 74.6 Å². The zero-order valence-electron chi connectivity index (χ0n) is 1.83. The van der Waals surface area contributed by atoms with E-state index in [4.69, 9.17) is 0 Å². The maximum absolute atomic E-state index is 0. The molecule has 0 saturated carbocycles. The molecule has 0 atom stereocenters. The van der Waals surface area contributed by atoms with E-state index in [1.165, 1.54) is 0 Å². The van der Waals surface area contributed by atoms with Gasteiger partial charge in [0.15, 0.2) is 0 Å². The third-order valence-electron chi connectivity index (χ3n) is 0. The van der Waals surface area contributed by atoms with Crippen molar-refractivity contribution in [3.8, 4) is 0 Å². The summed E-state index contributed by atoms with van der Waals surface area (Å²) in [5.74, 6) is 0. The Morgan fingerprint density at radius 2 is 0.400 bits per heavy atom. The van der Waals surface area contributed by atoms with E-state index in [-0.39, 0.29) is 74.6 Å². The second-order valence-corrected chi connectivity index (χ2v) is 0. The van der Waals surface area contributed by atoms with Gasteiger partial charge in [-0.1, -0.05) is 0 Å². The van der Waals surface area contributed by atoms with Gasteiger partial charge in [0, 0.05) is 34.1 Å². The monoisotopic (exact) mass is 222 g/mol. The Labute approximate surface area is 74.1 Å². The van der Waals surface area contributed by atoms with Gasteiger partial charge >= 0.3 is 0 Å². The summed E-state index contributed by atoms with van der Waals surface area (Å²) in [6.07, 6.45) is 0. The van der Waals surface area contributed by atoms with Crippen LogP contribution in [0.25, 0.3) is 0 Å². The van der Waals surface area contributed by atoms with E-state index in [0.29, 0.717) is 0 Å². The Hall–Kier alpha value is 2.09. The smallest absolute Gasteiger partial charge is 0 e. The van der Waals surface area contributed by atoms with Crippen LogP contribution in [0.2, 0.25) is 0 Å². The number of hydrogen-bond donors (Lipinski definition) is 0. The Balaban J connectivity index is 0. The third-order valence-corrected chi connectivity index (χ3v) is 0. The van der Waals surface area contributed by atoms with Crippen LogP contribution in [0.1, 0.15) is 0 Å². The summed E-state index contributed by atoms with van der Waals surface area (Å²) in [6.45, 7) is 0. The van der Waals surface area contributed by atoms with Gasteiger partial charge in [0.2, 0.25) is 0 Å². The molecule has 0 aliphatic heterocycles. The van der Waals surface area contributed by atoms with Crippen LogP contribution in [0.15, 0.2) is 0 Å². The zero-order valence-corrected chi connectivity index (χ0v) is 6.16. The fourth-order valence-electron chi connectivity index (χ4n) is 0. The summed E-state index contributed by atoms with van der Waals surface area (Å²) in [6, 6.07) is 0. The molecule has 0 saturated heterocycles. The van der Waals surface area contributed by atoms with E-state index < -0.39 is 0 Å². The molecule has 0 aromatic heterocycles. The fraction of sp³-hybridized carbons (Fsp3) is 0. The predicted octanol–water partition coefficient (Wildman–Crippen LogP) is -0.0122. The predicted molar refractivity (Wildman–Crippen MR) is 22.1 cm³/mol. The van der Waals surface area contributed by atoms with Crippen LogP contribution < -0.4 is 0 Å². The van der Waals surface area contributed by atoms with Gasteiger partial charge in [0.1, 0.15) is 0 Å². The molecule has 46 valence electrons. The second-order valence-electron chi connectivity index (χ2n) is 0. The van der Waals surface area contributed by atoms with Crippen LogP contribution in [-0.4, -0.2) is 0 Å². The maximum atomic E-state index is 0. The molecule has 0 rings (SSSR count). The average Bonchev–Trinajstić information content (AvgIpc) is 0. The molecule has 0 amide bonds. The fourth-order valence-corrected chi connectivity index (χ4v) is 0. The van der Waals surface area contributed by atoms with Crippen molar-refractivity contribution in [1.29, 1.82) is 0 Å². The van der Waals surface area contributed by atoms with Gasteiger partial charge in [0.25, 0.3) is 0 Å². The van der Waals surface area contributed by atoms with Crippen molar-refractivity contribution in [3.63, 3.8) is 0 Å². The maximum Gasteiger partial charge on any atom is 0 e. The molecule has 0 nitrogen and oxygen atoms in total. The first-order chi connectivity index (χ1) is 0. The van der Waals surface area contributed by atoms with Crippen LogP contribution in [0, 0.1) is 0 Å². The summed E-state index contributed by atoms with van der Waals surface area (Å²) in [4.78, 5) is 0. The van der Waals surface area contributed by atoms with Gasteiger partial charge < -0.3 is 40.5 Å². The van der Waals surface area contributed by atoms with Crippen molar-refractivity contribution in [1.82, 2.24) is 0 Å². The Morgan fingerprint density at radius 1 is 0.400 bits per heavy atom. The van der Waals surface area contributed by atoms with Gasteiger partial charge in [0.05, 0.1) is 0 Å². The quantitative estimate of drug-likeness (QED) is 0.507. The van der Waals surface area contributed by atoms with Gasteiger partial charge in [-0.2, -0.15) is 0 Å². The summed E-state index contributed by atoms with van der Waals surface area (Å²) in [5, 5.41) is 0. The standard InChI is InChI=1S/2Cu.3S/q;;3*-2. The molecular weight excluding hydrogens is 223 g/mol. The Kier molecular flexibility index (Phi) is 435. The Morgan fingerprint density at radius 3 is 0.400 bits per heavy atom. The first-order valence-corrected chi connectivity index (χ1v) is 0. The first kappa shape index (κ1) is 60.2. The van der Waals surface area contributed by atoms with E-state index in [9.17, 15) is 0 Å². The van der Waals surface area contributed by atoms with Crippen molar-refractivity contribution in [2.45, 2.75) is 0 Å². The molecular formula is Cu2S3-6. The topological polar surface area (TPSA) is 0 Å². The molecule has 0 bridgehead atoms. The molecule has 2 radical (unpaired) electrons. The van der Waals surface area contributed by atoms with Crippen molar-refractivity contribution in [2.75, 3.05) is 0 Å². The molecule has 5 heavy (non-hydrogen) atoms. The minimum atomic E-state index is 0. The van der Waals surface area contributed by atoms with Crippen LogP contribution >= 0.6 is 0 Å².